The van der Waals surface area contributed by atoms with E-state index >= 15 is 0 Å². The van der Waals surface area contributed by atoms with Crippen LogP contribution in [0.25, 0.3) is 0 Å². The fraction of sp³-hybridized carbons (Fsp3) is 0.450. The molecule has 3 aliphatic rings. The number of thiazole rings is 1. The first-order chi connectivity index (χ1) is 13.7. The van der Waals surface area contributed by atoms with E-state index in [0.29, 0.717) is 28.2 Å². The van der Waals surface area contributed by atoms with Crippen molar-refractivity contribution in [2.24, 2.45) is 0 Å². The van der Waals surface area contributed by atoms with Crippen LogP contribution in [-0.4, -0.2) is 29.6 Å². The van der Waals surface area contributed by atoms with Crippen LogP contribution in [0.15, 0.2) is 18.2 Å². The Morgan fingerprint density at radius 2 is 1.93 bits per heavy atom. The molecule has 1 atom stereocenters. The summed E-state index contributed by atoms with van der Waals surface area (Å²) in [7, 11) is 0. The van der Waals surface area contributed by atoms with Crippen molar-refractivity contribution in [3.8, 4) is 11.5 Å². The van der Waals surface area contributed by atoms with Gasteiger partial charge >= 0.3 is 0 Å². The number of nitrogens with zero attached hydrogens (tertiary/aromatic N) is 1. The molecule has 1 unspecified atom stereocenters. The Hall–Kier alpha value is -2.61. The molecule has 2 aliphatic carbocycles. The predicted octanol–water partition coefficient (Wildman–Crippen LogP) is 3.21. The van der Waals surface area contributed by atoms with Crippen LogP contribution < -0.4 is 20.1 Å². The maximum Gasteiger partial charge on any atom is 0.257 e. The van der Waals surface area contributed by atoms with Gasteiger partial charge in [-0.15, -0.1) is 11.3 Å². The zero-order valence-corrected chi connectivity index (χ0v) is 16.1. The topological polar surface area (TPSA) is 89.6 Å². The zero-order valence-electron chi connectivity index (χ0n) is 15.3. The Bertz CT molecular complexity index is 936. The van der Waals surface area contributed by atoms with Crippen LogP contribution in [0.2, 0.25) is 0 Å². The van der Waals surface area contributed by atoms with E-state index in [-0.39, 0.29) is 24.5 Å². The molecule has 1 aliphatic heterocycles. The van der Waals surface area contributed by atoms with Crippen molar-refractivity contribution in [3.05, 3.63) is 34.3 Å². The number of anilines is 1. The number of benzene rings is 1. The van der Waals surface area contributed by atoms with Crippen LogP contribution in [0.5, 0.6) is 11.5 Å². The number of nitrogens with one attached hydrogen (secondary N) is 2. The monoisotopic (exact) mass is 399 g/mol. The number of aromatic nitrogens is 1. The second-order valence-electron chi connectivity index (χ2n) is 7.43. The Labute approximate surface area is 166 Å². The van der Waals surface area contributed by atoms with Crippen LogP contribution in [-0.2, 0) is 11.2 Å². The highest BCUT2D eigenvalue weighted by Crippen LogP contribution is 2.39. The van der Waals surface area contributed by atoms with Crippen molar-refractivity contribution < 1.29 is 19.1 Å². The number of aryl methyl sites for hydroxylation is 1. The number of carbonyl (C=O) groups is 2. The van der Waals surface area contributed by atoms with Gasteiger partial charge in [0.1, 0.15) is 0 Å². The van der Waals surface area contributed by atoms with Crippen LogP contribution in [0.3, 0.4) is 0 Å². The molecule has 146 valence electrons. The van der Waals surface area contributed by atoms with Gasteiger partial charge in [-0.1, -0.05) is 12.8 Å². The second kappa shape index (κ2) is 7.09. The van der Waals surface area contributed by atoms with Gasteiger partial charge in [0, 0.05) is 16.5 Å². The Kier molecular flexibility index (Phi) is 4.43. The molecule has 2 N–H and O–H groups in total. The number of fused-ring (bicyclic) bond motifs is 2. The predicted molar refractivity (Wildman–Crippen MR) is 104 cm³/mol. The van der Waals surface area contributed by atoms with Gasteiger partial charge in [-0.05, 0) is 43.9 Å². The molecular weight excluding hydrogens is 378 g/mol. The van der Waals surface area contributed by atoms with Crippen molar-refractivity contribution in [1.29, 1.82) is 0 Å². The molecule has 1 saturated carbocycles. The Morgan fingerprint density at radius 3 is 2.79 bits per heavy atom. The summed E-state index contributed by atoms with van der Waals surface area (Å²) in [6.45, 7) is 0.171. The smallest absolute Gasteiger partial charge is 0.257 e. The summed E-state index contributed by atoms with van der Waals surface area (Å²) in [5.74, 6) is 0.823. The van der Waals surface area contributed by atoms with Gasteiger partial charge in [0.2, 0.25) is 12.7 Å². The maximum absolute atomic E-state index is 12.7. The van der Waals surface area contributed by atoms with Gasteiger partial charge in [-0.2, -0.15) is 0 Å². The van der Waals surface area contributed by atoms with E-state index in [9.17, 15) is 9.59 Å². The molecule has 2 aromatic rings. The average Bonchev–Trinajstić information content (AvgIpc) is 3.45. The summed E-state index contributed by atoms with van der Waals surface area (Å²) in [6, 6.07) is 5.39. The van der Waals surface area contributed by atoms with Gasteiger partial charge < -0.3 is 14.8 Å². The molecule has 0 radical (unpaired) electrons. The lowest BCUT2D eigenvalue weighted by molar-refractivity contribution is -0.123. The summed E-state index contributed by atoms with van der Waals surface area (Å²) in [5, 5.41) is 6.56. The molecule has 0 spiro atoms. The minimum Gasteiger partial charge on any atom is -0.454 e. The lowest BCUT2D eigenvalue weighted by atomic mass is 10.1. The van der Waals surface area contributed by atoms with Gasteiger partial charge in [-0.3, -0.25) is 14.9 Å². The van der Waals surface area contributed by atoms with Crippen LogP contribution in [0, 0.1) is 0 Å². The highest BCUT2D eigenvalue weighted by Gasteiger charge is 2.34. The molecular formula is C20H21N3O4S. The lowest BCUT2D eigenvalue weighted by Crippen LogP contribution is -2.36. The van der Waals surface area contributed by atoms with Gasteiger partial charge in [0.05, 0.1) is 11.6 Å². The third-order valence-corrected chi connectivity index (χ3v) is 6.64. The third-order valence-electron chi connectivity index (χ3n) is 5.59. The minimum absolute atomic E-state index is 0.0737. The molecule has 0 saturated heterocycles. The van der Waals surface area contributed by atoms with E-state index in [4.69, 9.17) is 9.47 Å². The highest BCUT2D eigenvalue weighted by atomic mass is 32.1. The molecule has 1 fully saturated rings. The summed E-state index contributed by atoms with van der Waals surface area (Å²) < 4.78 is 10.6. The number of amides is 2. The third kappa shape index (κ3) is 3.22. The van der Waals surface area contributed by atoms with E-state index in [1.807, 2.05) is 0 Å². The fourth-order valence-electron chi connectivity index (χ4n) is 4.11. The molecule has 2 heterocycles. The van der Waals surface area contributed by atoms with Crippen molar-refractivity contribution in [3.63, 3.8) is 0 Å². The summed E-state index contributed by atoms with van der Waals surface area (Å²) in [4.78, 5) is 30.9. The van der Waals surface area contributed by atoms with E-state index in [2.05, 4.69) is 15.6 Å². The molecule has 5 rings (SSSR count). The van der Waals surface area contributed by atoms with Crippen LogP contribution in [0.4, 0.5) is 5.13 Å². The first-order valence-corrected chi connectivity index (χ1v) is 10.5. The number of hydrogen-bond acceptors (Lipinski definition) is 6. The van der Waals surface area contributed by atoms with Crippen LogP contribution in [0.1, 0.15) is 59.0 Å². The van der Waals surface area contributed by atoms with Crippen molar-refractivity contribution in [2.45, 2.75) is 50.5 Å². The first-order valence-electron chi connectivity index (χ1n) is 9.68. The SMILES string of the molecule is O=C(Nc1nc2c(s1)CCC2C(=O)NC1CCCC1)c1ccc2c(c1)OCO2. The fourth-order valence-corrected chi connectivity index (χ4v) is 5.15. The van der Waals surface area contributed by atoms with E-state index in [1.54, 1.807) is 18.2 Å². The first kappa shape index (κ1) is 17.5. The van der Waals surface area contributed by atoms with E-state index in [0.717, 1.165) is 36.3 Å². The number of rotatable bonds is 4. The second-order valence-corrected chi connectivity index (χ2v) is 8.51. The molecule has 7 nitrogen and oxygen atoms in total. The summed E-state index contributed by atoms with van der Waals surface area (Å²) >= 11 is 1.46. The highest BCUT2D eigenvalue weighted by molar-refractivity contribution is 7.16. The molecule has 28 heavy (non-hydrogen) atoms. The molecule has 1 aromatic heterocycles. The molecule has 1 aromatic carbocycles. The van der Waals surface area contributed by atoms with Crippen molar-refractivity contribution >= 4 is 28.3 Å². The maximum atomic E-state index is 12.7. The Morgan fingerprint density at radius 1 is 1.11 bits per heavy atom. The largest absolute Gasteiger partial charge is 0.454 e. The van der Waals surface area contributed by atoms with Crippen molar-refractivity contribution in [1.82, 2.24) is 10.3 Å². The lowest BCUT2D eigenvalue weighted by Gasteiger charge is -2.15. The standard InChI is InChI=1S/C20H21N3O4S/c24-18(11-5-7-14-15(9-11)27-10-26-14)23-20-22-17-13(6-8-16(17)28-20)19(25)21-12-3-1-2-4-12/h5,7,9,12-13H,1-4,6,8,10H2,(H,21,25)(H,22,23,24). The zero-order chi connectivity index (χ0) is 19.1. The molecule has 2 amide bonds. The number of ether oxygens (including phenoxy) is 2. The van der Waals surface area contributed by atoms with Gasteiger partial charge in [0.25, 0.3) is 5.91 Å². The Balaban J connectivity index is 1.28. The minimum atomic E-state index is -0.252. The quantitative estimate of drug-likeness (QED) is 0.824. The van der Waals surface area contributed by atoms with E-state index in [1.165, 1.54) is 24.2 Å². The average molecular weight is 399 g/mol. The van der Waals surface area contributed by atoms with E-state index < -0.39 is 0 Å². The number of hydrogen-bond donors (Lipinski definition) is 2. The summed E-state index contributed by atoms with van der Waals surface area (Å²) in [6.07, 6.45) is 6.14. The number of carbonyl (C=O) groups excluding carboxylic acids is 2. The van der Waals surface area contributed by atoms with Gasteiger partial charge in [-0.25, -0.2) is 4.98 Å². The molecule has 0 bridgehead atoms. The summed E-state index contributed by atoms with van der Waals surface area (Å²) in [5.41, 5.74) is 1.30. The van der Waals surface area contributed by atoms with Crippen LogP contribution >= 0.6 is 11.3 Å². The van der Waals surface area contributed by atoms with Crippen molar-refractivity contribution in [2.75, 3.05) is 12.1 Å². The normalized spacial score (nSPS) is 20.2. The molecule has 8 heteroatoms. The van der Waals surface area contributed by atoms with Gasteiger partial charge in [0.15, 0.2) is 16.6 Å².